The van der Waals surface area contributed by atoms with E-state index >= 15 is 0 Å². The second-order valence-electron chi connectivity index (χ2n) is 6.42. The Morgan fingerprint density at radius 2 is 1.40 bits per heavy atom. The van der Waals surface area contributed by atoms with Gasteiger partial charge in [-0.15, -0.1) is 0 Å². The predicted molar refractivity (Wildman–Crippen MR) is 115 cm³/mol. The lowest BCUT2D eigenvalue weighted by Gasteiger charge is -2.18. The Bertz CT molecular complexity index is 812. The first-order valence-corrected chi connectivity index (χ1v) is 10.3. The Labute approximate surface area is 177 Å². The third-order valence-electron chi connectivity index (χ3n) is 4.40. The van der Waals surface area contributed by atoms with Crippen molar-refractivity contribution in [3.8, 4) is 17.2 Å². The van der Waals surface area contributed by atoms with Crippen LogP contribution in [0.3, 0.4) is 0 Å². The highest BCUT2D eigenvalue weighted by atomic mass is 16.5. The van der Waals surface area contributed by atoms with E-state index in [2.05, 4.69) is 10.9 Å². The van der Waals surface area contributed by atoms with Crippen LogP contribution in [-0.4, -0.2) is 31.6 Å². The van der Waals surface area contributed by atoms with Gasteiger partial charge >= 0.3 is 0 Å². The first-order chi connectivity index (χ1) is 14.5. The molecule has 2 rings (SSSR count). The third-order valence-corrected chi connectivity index (χ3v) is 4.40. The molecule has 7 heteroatoms. The number of rotatable bonds is 10. The van der Waals surface area contributed by atoms with E-state index < -0.39 is 5.91 Å². The standard InChI is InChI=1S/C23H30N2O5/c1-5-18(16-12-10-9-11-13-16)23(27)25-24-22(26)17-14-19(28-6-2)21(30-8-4)20(15-17)29-7-3/h9-15,18H,5-8H2,1-4H3,(H,24,26)(H,25,27). The van der Waals surface area contributed by atoms with Crippen LogP contribution in [-0.2, 0) is 4.79 Å². The summed E-state index contributed by atoms with van der Waals surface area (Å²) in [6.45, 7) is 8.72. The van der Waals surface area contributed by atoms with E-state index in [1.54, 1.807) is 12.1 Å². The van der Waals surface area contributed by atoms with Crippen LogP contribution in [0.4, 0.5) is 0 Å². The second kappa shape index (κ2) is 11.7. The topological polar surface area (TPSA) is 85.9 Å². The molecule has 0 aliphatic carbocycles. The van der Waals surface area contributed by atoms with Crippen molar-refractivity contribution in [3.05, 3.63) is 53.6 Å². The van der Waals surface area contributed by atoms with E-state index in [0.29, 0.717) is 49.1 Å². The van der Waals surface area contributed by atoms with E-state index in [1.807, 2.05) is 58.0 Å². The minimum absolute atomic E-state index is 0.280. The Kier molecular flexibility index (Phi) is 9.00. The first kappa shape index (κ1) is 23.1. The highest BCUT2D eigenvalue weighted by Crippen LogP contribution is 2.39. The van der Waals surface area contributed by atoms with Gasteiger partial charge in [0.1, 0.15) is 0 Å². The van der Waals surface area contributed by atoms with Crippen molar-refractivity contribution >= 4 is 11.8 Å². The van der Waals surface area contributed by atoms with Crippen LogP contribution in [0.1, 0.15) is 56.0 Å². The molecule has 0 radical (unpaired) electrons. The van der Waals surface area contributed by atoms with Crippen molar-refractivity contribution < 1.29 is 23.8 Å². The summed E-state index contributed by atoms with van der Waals surface area (Å²) in [6.07, 6.45) is 0.609. The summed E-state index contributed by atoms with van der Waals surface area (Å²) < 4.78 is 16.9. The quantitative estimate of drug-likeness (QED) is 0.577. The molecule has 2 aromatic carbocycles. The number of hydrogen-bond acceptors (Lipinski definition) is 5. The first-order valence-electron chi connectivity index (χ1n) is 10.3. The highest BCUT2D eigenvalue weighted by molar-refractivity contribution is 5.97. The van der Waals surface area contributed by atoms with Crippen LogP contribution in [0.15, 0.2) is 42.5 Å². The number of amides is 2. The van der Waals surface area contributed by atoms with Crippen LogP contribution in [0, 0.1) is 0 Å². The van der Waals surface area contributed by atoms with E-state index in [9.17, 15) is 9.59 Å². The SMILES string of the molecule is CCOc1cc(C(=O)NNC(=O)C(CC)c2ccccc2)cc(OCC)c1OCC. The van der Waals surface area contributed by atoms with Gasteiger partial charge in [0.25, 0.3) is 5.91 Å². The zero-order valence-electron chi connectivity index (χ0n) is 18.0. The van der Waals surface area contributed by atoms with E-state index in [4.69, 9.17) is 14.2 Å². The van der Waals surface area contributed by atoms with Gasteiger partial charge < -0.3 is 14.2 Å². The van der Waals surface area contributed by atoms with Crippen LogP contribution in [0.5, 0.6) is 17.2 Å². The molecule has 1 atom stereocenters. The number of carbonyl (C=O) groups excluding carboxylic acids is 2. The summed E-state index contributed by atoms with van der Waals surface area (Å²) in [5, 5.41) is 0. The number of carbonyl (C=O) groups is 2. The molecular weight excluding hydrogens is 384 g/mol. The van der Waals surface area contributed by atoms with Crippen molar-refractivity contribution in [1.82, 2.24) is 10.9 Å². The molecule has 0 aliphatic heterocycles. The lowest BCUT2D eigenvalue weighted by atomic mass is 9.96. The number of hydrogen-bond donors (Lipinski definition) is 2. The van der Waals surface area contributed by atoms with E-state index in [-0.39, 0.29) is 11.8 Å². The van der Waals surface area contributed by atoms with Gasteiger partial charge in [0.2, 0.25) is 11.7 Å². The molecule has 1 unspecified atom stereocenters. The fourth-order valence-corrected chi connectivity index (χ4v) is 3.06. The molecule has 0 spiro atoms. The Hall–Kier alpha value is -3.22. The second-order valence-corrected chi connectivity index (χ2v) is 6.42. The average molecular weight is 415 g/mol. The molecule has 0 aliphatic rings. The fraction of sp³-hybridized carbons (Fsp3) is 0.391. The zero-order chi connectivity index (χ0) is 21.9. The van der Waals surface area contributed by atoms with Crippen molar-refractivity contribution in [2.45, 2.75) is 40.0 Å². The van der Waals surface area contributed by atoms with Crippen LogP contribution in [0.25, 0.3) is 0 Å². The summed E-state index contributed by atoms with van der Waals surface area (Å²) in [4.78, 5) is 25.3. The number of nitrogens with one attached hydrogen (secondary N) is 2. The third kappa shape index (κ3) is 5.89. The fourth-order valence-electron chi connectivity index (χ4n) is 3.06. The lowest BCUT2D eigenvalue weighted by Crippen LogP contribution is -2.43. The Morgan fingerprint density at radius 1 is 0.833 bits per heavy atom. The molecule has 0 saturated heterocycles. The molecule has 0 fully saturated rings. The molecule has 7 nitrogen and oxygen atoms in total. The predicted octanol–water partition coefficient (Wildman–Crippen LogP) is 3.84. The van der Waals surface area contributed by atoms with E-state index in [1.165, 1.54) is 0 Å². The zero-order valence-corrected chi connectivity index (χ0v) is 18.0. The monoisotopic (exact) mass is 414 g/mol. The van der Waals surface area contributed by atoms with Gasteiger partial charge in [0, 0.05) is 5.56 Å². The molecule has 30 heavy (non-hydrogen) atoms. The minimum atomic E-state index is -0.476. The van der Waals surface area contributed by atoms with Gasteiger partial charge in [0.05, 0.1) is 25.7 Å². The molecule has 2 amide bonds. The molecule has 0 saturated carbocycles. The molecule has 2 aromatic rings. The maximum absolute atomic E-state index is 12.7. The largest absolute Gasteiger partial charge is 0.490 e. The van der Waals surface area contributed by atoms with Gasteiger partial charge in [-0.2, -0.15) is 0 Å². The van der Waals surface area contributed by atoms with Gasteiger partial charge in [0.15, 0.2) is 11.5 Å². The summed E-state index contributed by atoms with van der Waals surface area (Å²) >= 11 is 0. The van der Waals surface area contributed by atoms with Crippen molar-refractivity contribution in [2.75, 3.05) is 19.8 Å². The van der Waals surface area contributed by atoms with Crippen LogP contribution in [0.2, 0.25) is 0 Å². The molecule has 2 N–H and O–H groups in total. The maximum atomic E-state index is 12.7. The lowest BCUT2D eigenvalue weighted by molar-refractivity contribution is -0.123. The Morgan fingerprint density at radius 3 is 1.90 bits per heavy atom. The molecular formula is C23H30N2O5. The maximum Gasteiger partial charge on any atom is 0.269 e. The molecule has 0 aromatic heterocycles. The van der Waals surface area contributed by atoms with Crippen LogP contribution < -0.4 is 25.1 Å². The Balaban J connectivity index is 2.18. The van der Waals surface area contributed by atoms with Gasteiger partial charge in [-0.1, -0.05) is 37.3 Å². The smallest absolute Gasteiger partial charge is 0.269 e. The normalized spacial score (nSPS) is 11.3. The molecule has 0 heterocycles. The molecule has 162 valence electrons. The van der Waals surface area contributed by atoms with Crippen molar-refractivity contribution in [3.63, 3.8) is 0 Å². The summed E-state index contributed by atoms with van der Waals surface area (Å²) in [6, 6.07) is 12.6. The van der Waals surface area contributed by atoms with E-state index in [0.717, 1.165) is 5.56 Å². The van der Waals surface area contributed by atoms with Crippen LogP contribution >= 0.6 is 0 Å². The summed E-state index contributed by atoms with van der Waals surface area (Å²) in [5.41, 5.74) is 6.19. The number of hydrazine groups is 1. The summed E-state index contributed by atoms with van der Waals surface area (Å²) in [5.74, 6) is 0.172. The van der Waals surface area contributed by atoms with Gasteiger partial charge in [-0.3, -0.25) is 20.4 Å². The van der Waals surface area contributed by atoms with Gasteiger partial charge in [-0.25, -0.2) is 0 Å². The number of benzene rings is 2. The van der Waals surface area contributed by atoms with Crippen molar-refractivity contribution in [1.29, 1.82) is 0 Å². The minimum Gasteiger partial charge on any atom is -0.490 e. The highest BCUT2D eigenvalue weighted by Gasteiger charge is 2.21. The van der Waals surface area contributed by atoms with Crippen molar-refractivity contribution in [2.24, 2.45) is 0 Å². The average Bonchev–Trinajstić information content (AvgIpc) is 2.75. The number of ether oxygens (including phenoxy) is 3. The summed E-state index contributed by atoms with van der Waals surface area (Å²) in [7, 11) is 0. The van der Waals surface area contributed by atoms with Gasteiger partial charge in [-0.05, 0) is 44.9 Å². The molecule has 0 bridgehead atoms.